The summed E-state index contributed by atoms with van der Waals surface area (Å²) in [5.41, 5.74) is 5.03. The van der Waals surface area contributed by atoms with Gasteiger partial charge >= 0.3 is 0 Å². The molecule has 6 nitrogen and oxygen atoms in total. The van der Waals surface area contributed by atoms with E-state index >= 15 is 0 Å². The number of carbonyl (C=O) groups excluding carboxylic acids is 1. The Labute approximate surface area is 216 Å². The SMILES string of the molecule is CCCCCCCCCCCCn1nnc(C(C(=O)Nc2cc(C)cc(C)c2C)c2ccccc2)n1. The van der Waals surface area contributed by atoms with Gasteiger partial charge in [-0.3, -0.25) is 4.79 Å². The molecule has 1 atom stereocenters. The fourth-order valence-electron chi connectivity index (χ4n) is 4.64. The Kier molecular flexibility index (Phi) is 11.1. The number of unbranched alkanes of at least 4 members (excludes halogenated alkanes) is 9. The Bertz CT molecular complexity index is 1080. The standard InChI is InChI=1S/C30H43N5O/c1-5-6-7-8-9-10-11-12-13-17-20-35-33-29(32-34-35)28(26-18-15-14-16-19-26)30(36)31-27-22-23(2)21-24(3)25(27)4/h14-16,18-19,21-22,28H,5-13,17,20H2,1-4H3,(H,31,36). The molecule has 194 valence electrons. The van der Waals surface area contributed by atoms with E-state index in [1.165, 1.54) is 57.8 Å². The van der Waals surface area contributed by atoms with Crippen molar-refractivity contribution in [3.05, 3.63) is 70.5 Å². The van der Waals surface area contributed by atoms with Crippen molar-refractivity contribution in [3.8, 4) is 0 Å². The third-order valence-electron chi connectivity index (χ3n) is 6.90. The van der Waals surface area contributed by atoms with Crippen LogP contribution in [0.5, 0.6) is 0 Å². The van der Waals surface area contributed by atoms with Gasteiger partial charge in [0.1, 0.15) is 5.92 Å². The van der Waals surface area contributed by atoms with E-state index in [0.717, 1.165) is 40.9 Å². The molecule has 1 N–H and O–H groups in total. The number of hydrogen-bond acceptors (Lipinski definition) is 4. The summed E-state index contributed by atoms with van der Waals surface area (Å²) >= 11 is 0. The molecule has 0 fully saturated rings. The van der Waals surface area contributed by atoms with Gasteiger partial charge in [0.05, 0.1) is 6.54 Å². The summed E-state index contributed by atoms with van der Waals surface area (Å²) in [5.74, 6) is -0.325. The van der Waals surface area contributed by atoms with Crippen LogP contribution in [0.4, 0.5) is 5.69 Å². The maximum atomic E-state index is 13.5. The molecule has 0 saturated carbocycles. The van der Waals surface area contributed by atoms with Crippen LogP contribution in [0.1, 0.15) is 105 Å². The van der Waals surface area contributed by atoms with Gasteiger partial charge in [0.2, 0.25) is 5.91 Å². The van der Waals surface area contributed by atoms with Crippen LogP contribution in [0.3, 0.4) is 0 Å². The lowest BCUT2D eigenvalue weighted by molar-refractivity contribution is -0.116. The number of amides is 1. The number of nitrogens with zero attached hydrogens (tertiary/aromatic N) is 4. The molecular weight excluding hydrogens is 446 g/mol. The van der Waals surface area contributed by atoms with E-state index in [1.54, 1.807) is 4.80 Å². The molecule has 2 aromatic carbocycles. The first-order valence-electron chi connectivity index (χ1n) is 13.7. The smallest absolute Gasteiger partial charge is 0.239 e. The number of aromatic nitrogens is 4. The second-order valence-electron chi connectivity index (χ2n) is 10.0. The van der Waals surface area contributed by atoms with Gasteiger partial charge in [-0.1, -0.05) is 101 Å². The molecule has 0 saturated heterocycles. The Balaban J connectivity index is 1.58. The van der Waals surface area contributed by atoms with Gasteiger partial charge in [-0.25, -0.2) is 0 Å². The summed E-state index contributed by atoms with van der Waals surface area (Å²) < 4.78 is 0. The van der Waals surface area contributed by atoms with E-state index in [1.807, 2.05) is 50.2 Å². The van der Waals surface area contributed by atoms with Crippen molar-refractivity contribution in [2.75, 3.05) is 5.32 Å². The summed E-state index contributed by atoms with van der Waals surface area (Å²) in [7, 11) is 0. The largest absolute Gasteiger partial charge is 0.325 e. The van der Waals surface area contributed by atoms with E-state index in [4.69, 9.17) is 0 Å². The van der Waals surface area contributed by atoms with Crippen molar-refractivity contribution >= 4 is 11.6 Å². The molecule has 0 aliphatic rings. The molecule has 0 aliphatic heterocycles. The predicted molar refractivity (Wildman–Crippen MR) is 147 cm³/mol. The minimum absolute atomic E-state index is 0.146. The van der Waals surface area contributed by atoms with Gasteiger partial charge in [-0.2, -0.15) is 4.80 Å². The van der Waals surface area contributed by atoms with Crippen LogP contribution in [-0.4, -0.2) is 26.1 Å². The van der Waals surface area contributed by atoms with Crippen molar-refractivity contribution < 1.29 is 4.79 Å². The fourth-order valence-corrected chi connectivity index (χ4v) is 4.64. The number of aryl methyl sites for hydroxylation is 3. The molecule has 0 spiro atoms. The third kappa shape index (κ3) is 8.28. The number of anilines is 1. The number of tetrazole rings is 1. The van der Waals surface area contributed by atoms with Crippen molar-refractivity contribution in [1.29, 1.82) is 0 Å². The van der Waals surface area contributed by atoms with Gasteiger partial charge in [-0.05, 0) is 60.7 Å². The average molecular weight is 490 g/mol. The molecule has 3 aromatic rings. The molecule has 1 aromatic heterocycles. The summed E-state index contributed by atoms with van der Waals surface area (Å²) in [6, 6.07) is 13.8. The molecule has 0 aliphatic carbocycles. The lowest BCUT2D eigenvalue weighted by Crippen LogP contribution is -2.24. The monoisotopic (exact) mass is 489 g/mol. The van der Waals surface area contributed by atoms with Crippen molar-refractivity contribution in [1.82, 2.24) is 20.2 Å². The third-order valence-corrected chi connectivity index (χ3v) is 6.90. The normalized spacial score (nSPS) is 12.0. The van der Waals surface area contributed by atoms with Gasteiger partial charge in [0.15, 0.2) is 5.82 Å². The quantitative estimate of drug-likeness (QED) is 0.228. The Morgan fingerprint density at radius 1 is 0.889 bits per heavy atom. The zero-order chi connectivity index (χ0) is 25.8. The summed E-state index contributed by atoms with van der Waals surface area (Å²) in [4.78, 5) is 15.2. The van der Waals surface area contributed by atoms with Gasteiger partial charge in [0, 0.05) is 5.69 Å². The highest BCUT2D eigenvalue weighted by Gasteiger charge is 2.28. The summed E-state index contributed by atoms with van der Waals surface area (Å²) in [5, 5.41) is 16.3. The predicted octanol–water partition coefficient (Wildman–Crippen LogP) is 7.29. The maximum Gasteiger partial charge on any atom is 0.239 e. The molecule has 1 amide bonds. The number of benzene rings is 2. The molecule has 1 unspecified atom stereocenters. The minimum atomic E-state index is -0.618. The maximum absolute atomic E-state index is 13.5. The van der Waals surface area contributed by atoms with E-state index in [0.29, 0.717) is 5.82 Å². The Morgan fingerprint density at radius 2 is 1.53 bits per heavy atom. The minimum Gasteiger partial charge on any atom is -0.325 e. The first kappa shape index (κ1) is 27.6. The summed E-state index contributed by atoms with van der Waals surface area (Å²) in [6.07, 6.45) is 12.9. The highest BCUT2D eigenvalue weighted by atomic mass is 16.2. The molecule has 1 heterocycles. The first-order chi connectivity index (χ1) is 17.5. The number of hydrogen-bond donors (Lipinski definition) is 1. The highest BCUT2D eigenvalue weighted by Crippen LogP contribution is 2.26. The van der Waals surface area contributed by atoms with Crippen LogP contribution in [-0.2, 0) is 11.3 Å². The van der Waals surface area contributed by atoms with E-state index < -0.39 is 5.92 Å². The van der Waals surface area contributed by atoms with Crippen LogP contribution < -0.4 is 5.32 Å². The molecular formula is C30H43N5O. The van der Waals surface area contributed by atoms with Gasteiger partial charge < -0.3 is 5.32 Å². The second kappa shape index (κ2) is 14.5. The van der Waals surface area contributed by atoms with Crippen LogP contribution >= 0.6 is 0 Å². The Hall–Kier alpha value is -3.02. The number of rotatable bonds is 15. The lowest BCUT2D eigenvalue weighted by Gasteiger charge is -2.17. The molecule has 0 bridgehead atoms. The zero-order valence-electron chi connectivity index (χ0n) is 22.6. The van der Waals surface area contributed by atoms with Crippen molar-refractivity contribution in [3.63, 3.8) is 0 Å². The topological polar surface area (TPSA) is 72.7 Å². The van der Waals surface area contributed by atoms with Crippen molar-refractivity contribution in [2.24, 2.45) is 0 Å². The molecule has 3 rings (SSSR count). The second-order valence-corrected chi connectivity index (χ2v) is 10.0. The van der Waals surface area contributed by atoms with Crippen LogP contribution in [0.2, 0.25) is 0 Å². The highest BCUT2D eigenvalue weighted by molar-refractivity contribution is 5.98. The lowest BCUT2D eigenvalue weighted by atomic mass is 9.96. The molecule has 0 radical (unpaired) electrons. The molecule has 36 heavy (non-hydrogen) atoms. The molecule has 6 heteroatoms. The van der Waals surface area contributed by atoms with Gasteiger partial charge in [0.25, 0.3) is 0 Å². The summed E-state index contributed by atoms with van der Waals surface area (Å²) in [6.45, 7) is 9.12. The zero-order valence-corrected chi connectivity index (χ0v) is 22.6. The van der Waals surface area contributed by atoms with Gasteiger partial charge in [-0.15, -0.1) is 10.2 Å². The fraction of sp³-hybridized carbons (Fsp3) is 0.533. The Morgan fingerprint density at radius 3 is 2.19 bits per heavy atom. The van der Waals surface area contributed by atoms with E-state index in [-0.39, 0.29) is 5.91 Å². The van der Waals surface area contributed by atoms with Crippen LogP contribution in [0.25, 0.3) is 0 Å². The van der Waals surface area contributed by atoms with Crippen molar-refractivity contribution in [2.45, 2.75) is 104 Å². The van der Waals surface area contributed by atoms with E-state index in [2.05, 4.69) is 40.6 Å². The first-order valence-corrected chi connectivity index (χ1v) is 13.7. The number of carbonyl (C=O) groups is 1. The number of nitrogens with one attached hydrogen (secondary N) is 1. The van der Waals surface area contributed by atoms with E-state index in [9.17, 15) is 4.79 Å². The van der Waals surface area contributed by atoms with Crippen LogP contribution in [0.15, 0.2) is 42.5 Å². The van der Waals surface area contributed by atoms with Crippen LogP contribution in [0, 0.1) is 20.8 Å². The average Bonchev–Trinajstić information content (AvgIpc) is 3.32.